The molecule has 5 heteroatoms. The molecule has 0 heterocycles. The van der Waals surface area contributed by atoms with Gasteiger partial charge in [0.15, 0.2) is 11.5 Å². The molecule has 0 aliphatic carbocycles. The number of phenolic OH excluding ortho intramolecular Hbond substituents is 1. The standard InChI is InChI=1S/C25H30NO3P/c1-5-25(2,21-15-20(28-3)16-22(29-4)24(21)27)30-23-14-10-9-11-18(23)17-26-19-12-7-6-8-13-19/h6-16,26-27,30H,5,17H2,1-4H3. The van der Waals surface area contributed by atoms with Crippen molar-refractivity contribution in [1.29, 1.82) is 0 Å². The zero-order chi connectivity index (χ0) is 21.6. The Kier molecular flexibility index (Phi) is 7.23. The zero-order valence-electron chi connectivity index (χ0n) is 18.0. The third kappa shape index (κ3) is 4.88. The first-order valence-electron chi connectivity index (χ1n) is 10.1. The topological polar surface area (TPSA) is 50.7 Å². The fourth-order valence-electron chi connectivity index (χ4n) is 3.47. The molecule has 0 aromatic heterocycles. The van der Waals surface area contributed by atoms with Crippen LogP contribution < -0.4 is 20.1 Å². The maximum absolute atomic E-state index is 10.9. The predicted octanol–water partition coefficient (Wildman–Crippen LogP) is 5.65. The first-order chi connectivity index (χ1) is 14.5. The van der Waals surface area contributed by atoms with Gasteiger partial charge in [-0.2, -0.15) is 0 Å². The van der Waals surface area contributed by atoms with Crippen molar-refractivity contribution < 1.29 is 14.6 Å². The quantitative estimate of drug-likeness (QED) is 0.437. The van der Waals surface area contributed by atoms with Gasteiger partial charge in [-0.25, -0.2) is 0 Å². The molecule has 30 heavy (non-hydrogen) atoms. The Bertz CT molecular complexity index is 977. The number of para-hydroxylation sites is 1. The number of methoxy groups -OCH3 is 2. The van der Waals surface area contributed by atoms with Gasteiger partial charge < -0.3 is 19.9 Å². The number of nitrogens with one attached hydrogen (secondary N) is 1. The van der Waals surface area contributed by atoms with Crippen LogP contribution in [0, 0.1) is 0 Å². The minimum Gasteiger partial charge on any atom is -0.504 e. The van der Waals surface area contributed by atoms with Crippen LogP contribution in [-0.2, 0) is 11.7 Å². The lowest BCUT2D eigenvalue weighted by Gasteiger charge is -2.31. The van der Waals surface area contributed by atoms with Gasteiger partial charge >= 0.3 is 0 Å². The Hall–Kier alpha value is -2.71. The van der Waals surface area contributed by atoms with E-state index in [0.29, 0.717) is 20.1 Å². The molecule has 2 unspecified atom stereocenters. The highest BCUT2D eigenvalue weighted by Crippen LogP contribution is 2.51. The lowest BCUT2D eigenvalue weighted by atomic mass is 9.95. The Morgan fingerprint density at radius 3 is 2.33 bits per heavy atom. The number of anilines is 1. The van der Waals surface area contributed by atoms with Gasteiger partial charge in [0, 0.05) is 29.0 Å². The van der Waals surface area contributed by atoms with E-state index in [-0.39, 0.29) is 10.9 Å². The van der Waals surface area contributed by atoms with Gasteiger partial charge in [-0.05, 0) is 35.5 Å². The van der Waals surface area contributed by atoms with Crippen molar-refractivity contribution in [3.8, 4) is 17.2 Å². The summed E-state index contributed by atoms with van der Waals surface area (Å²) in [6.07, 6.45) is 0.871. The fourth-order valence-corrected chi connectivity index (χ4v) is 5.08. The van der Waals surface area contributed by atoms with Gasteiger partial charge in [-0.1, -0.05) is 64.9 Å². The highest BCUT2D eigenvalue weighted by molar-refractivity contribution is 7.48. The highest BCUT2D eigenvalue weighted by atomic mass is 31.1. The van der Waals surface area contributed by atoms with Crippen molar-refractivity contribution in [1.82, 2.24) is 0 Å². The van der Waals surface area contributed by atoms with Crippen LogP contribution in [0.25, 0.3) is 0 Å². The SMILES string of the molecule is CCC(C)(Pc1ccccc1CNc1ccccc1)c1cc(OC)cc(OC)c1O. The average molecular weight is 423 g/mol. The van der Waals surface area contributed by atoms with E-state index in [9.17, 15) is 5.11 Å². The zero-order valence-corrected chi connectivity index (χ0v) is 19.0. The Labute approximate surface area is 181 Å². The summed E-state index contributed by atoms with van der Waals surface area (Å²) < 4.78 is 10.8. The molecular formula is C25H30NO3P. The van der Waals surface area contributed by atoms with Crippen molar-refractivity contribution in [2.24, 2.45) is 0 Å². The minimum absolute atomic E-state index is 0.190. The molecule has 0 radical (unpaired) electrons. The molecule has 3 rings (SSSR count). The molecule has 3 aromatic rings. The van der Waals surface area contributed by atoms with Crippen LogP contribution in [0.5, 0.6) is 17.2 Å². The monoisotopic (exact) mass is 423 g/mol. The lowest BCUT2D eigenvalue weighted by molar-refractivity contribution is 0.357. The normalized spacial score (nSPS) is 13.2. The van der Waals surface area contributed by atoms with Crippen LogP contribution in [0.15, 0.2) is 66.7 Å². The number of phenols is 1. The maximum atomic E-state index is 10.9. The Balaban J connectivity index is 1.92. The third-order valence-corrected chi connectivity index (χ3v) is 7.42. The summed E-state index contributed by atoms with van der Waals surface area (Å²) in [6.45, 7) is 5.10. The number of rotatable bonds is 9. The number of hydrogen-bond acceptors (Lipinski definition) is 4. The molecule has 0 amide bonds. The van der Waals surface area contributed by atoms with Crippen LogP contribution in [-0.4, -0.2) is 19.3 Å². The molecule has 2 N–H and O–H groups in total. The summed E-state index contributed by atoms with van der Waals surface area (Å²) in [7, 11) is 3.67. The van der Waals surface area contributed by atoms with Gasteiger partial charge in [-0.15, -0.1) is 0 Å². The first kappa shape index (κ1) is 22.0. The molecule has 0 aliphatic heterocycles. The van der Waals surface area contributed by atoms with Crippen LogP contribution in [0.3, 0.4) is 0 Å². The Morgan fingerprint density at radius 1 is 0.967 bits per heavy atom. The van der Waals surface area contributed by atoms with E-state index in [1.807, 2.05) is 24.3 Å². The molecule has 0 aliphatic rings. The number of benzene rings is 3. The molecule has 4 nitrogen and oxygen atoms in total. The third-order valence-electron chi connectivity index (χ3n) is 5.49. The van der Waals surface area contributed by atoms with Gasteiger partial charge in [0.2, 0.25) is 0 Å². The summed E-state index contributed by atoms with van der Waals surface area (Å²) in [5, 5.41) is 15.4. The van der Waals surface area contributed by atoms with E-state index in [4.69, 9.17) is 9.47 Å². The summed E-state index contributed by atoms with van der Waals surface area (Å²) in [4.78, 5) is 0. The first-order valence-corrected chi connectivity index (χ1v) is 11.1. The number of aromatic hydroxyl groups is 1. The largest absolute Gasteiger partial charge is 0.504 e. The van der Waals surface area contributed by atoms with E-state index in [1.165, 1.54) is 10.9 Å². The van der Waals surface area contributed by atoms with Crippen molar-refractivity contribution in [2.45, 2.75) is 32.0 Å². The summed E-state index contributed by atoms with van der Waals surface area (Å²) in [6, 6.07) is 22.4. The summed E-state index contributed by atoms with van der Waals surface area (Å²) >= 11 is 0. The molecule has 0 bridgehead atoms. The van der Waals surface area contributed by atoms with Crippen molar-refractivity contribution >= 4 is 19.6 Å². The smallest absolute Gasteiger partial charge is 0.164 e. The second-order valence-electron chi connectivity index (χ2n) is 7.41. The molecular weight excluding hydrogens is 393 g/mol. The van der Waals surface area contributed by atoms with Crippen LogP contribution in [0.2, 0.25) is 0 Å². The number of ether oxygens (including phenoxy) is 2. The van der Waals surface area contributed by atoms with Crippen LogP contribution in [0.1, 0.15) is 31.4 Å². The maximum Gasteiger partial charge on any atom is 0.164 e. The second kappa shape index (κ2) is 9.86. The van der Waals surface area contributed by atoms with Crippen LogP contribution in [0.4, 0.5) is 5.69 Å². The second-order valence-corrected chi connectivity index (χ2v) is 9.31. The van der Waals surface area contributed by atoms with E-state index in [1.54, 1.807) is 20.3 Å². The van der Waals surface area contributed by atoms with E-state index in [2.05, 4.69) is 55.6 Å². The van der Waals surface area contributed by atoms with Gasteiger partial charge in [0.1, 0.15) is 5.75 Å². The highest BCUT2D eigenvalue weighted by Gasteiger charge is 2.31. The van der Waals surface area contributed by atoms with Crippen LogP contribution >= 0.6 is 8.58 Å². The molecule has 3 aromatic carbocycles. The van der Waals surface area contributed by atoms with Gasteiger partial charge in [0.05, 0.1) is 14.2 Å². The van der Waals surface area contributed by atoms with Crippen molar-refractivity contribution in [2.75, 3.05) is 19.5 Å². The van der Waals surface area contributed by atoms with Gasteiger partial charge in [0.25, 0.3) is 0 Å². The lowest BCUT2D eigenvalue weighted by Crippen LogP contribution is -2.21. The fraction of sp³-hybridized carbons (Fsp3) is 0.280. The van der Waals surface area contributed by atoms with Gasteiger partial charge in [-0.3, -0.25) is 0 Å². The molecule has 158 valence electrons. The van der Waals surface area contributed by atoms with E-state index in [0.717, 1.165) is 24.2 Å². The Morgan fingerprint density at radius 2 is 1.67 bits per heavy atom. The minimum atomic E-state index is -0.255. The van der Waals surface area contributed by atoms with Crippen molar-refractivity contribution in [3.05, 3.63) is 77.9 Å². The number of hydrogen-bond donors (Lipinski definition) is 2. The molecule has 0 spiro atoms. The average Bonchev–Trinajstić information content (AvgIpc) is 2.79. The summed E-state index contributed by atoms with van der Waals surface area (Å²) in [5.41, 5.74) is 3.21. The van der Waals surface area contributed by atoms with E-state index >= 15 is 0 Å². The molecule has 0 saturated carbocycles. The summed E-state index contributed by atoms with van der Waals surface area (Å²) in [5.74, 6) is 1.31. The molecule has 0 fully saturated rings. The molecule has 2 atom stereocenters. The van der Waals surface area contributed by atoms with Crippen molar-refractivity contribution in [3.63, 3.8) is 0 Å². The predicted molar refractivity (Wildman–Crippen MR) is 127 cm³/mol. The molecule has 0 saturated heterocycles. The van der Waals surface area contributed by atoms with E-state index < -0.39 is 0 Å².